The summed E-state index contributed by atoms with van der Waals surface area (Å²) in [6, 6.07) is 5.18. The standard InChI is InChI=1S/C9H10INO2S/c10-6-1-2-9-7(5-6)8(11)3-4-14(9,12)13/h1-2,5,8H,3-4,11H2/t8-/m1/s1. The molecule has 0 unspecified atom stereocenters. The van der Waals surface area contributed by atoms with Crippen LogP contribution in [0, 0.1) is 3.57 Å². The summed E-state index contributed by atoms with van der Waals surface area (Å²) in [5.41, 5.74) is 6.64. The number of hydrogen-bond acceptors (Lipinski definition) is 3. The van der Waals surface area contributed by atoms with Gasteiger partial charge < -0.3 is 5.73 Å². The lowest BCUT2D eigenvalue weighted by molar-refractivity contribution is 0.568. The number of sulfone groups is 1. The van der Waals surface area contributed by atoms with E-state index in [2.05, 4.69) is 22.6 Å². The van der Waals surface area contributed by atoms with Crippen molar-refractivity contribution in [1.82, 2.24) is 0 Å². The molecule has 0 saturated heterocycles. The fraction of sp³-hybridized carbons (Fsp3) is 0.333. The molecule has 1 aromatic carbocycles. The fourth-order valence-electron chi connectivity index (χ4n) is 1.64. The number of nitrogens with two attached hydrogens (primary N) is 1. The first-order chi connectivity index (χ1) is 6.50. The van der Waals surface area contributed by atoms with Gasteiger partial charge in [-0.3, -0.25) is 0 Å². The second-order valence-electron chi connectivity index (χ2n) is 3.40. The molecule has 1 aromatic rings. The summed E-state index contributed by atoms with van der Waals surface area (Å²) < 4.78 is 24.4. The largest absolute Gasteiger partial charge is 0.324 e. The second-order valence-corrected chi connectivity index (χ2v) is 6.72. The van der Waals surface area contributed by atoms with Crippen molar-refractivity contribution in [2.24, 2.45) is 5.73 Å². The van der Waals surface area contributed by atoms with Gasteiger partial charge in [-0.15, -0.1) is 0 Å². The van der Waals surface area contributed by atoms with Crippen LogP contribution in [-0.2, 0) is 9.84 Å². The second kappa shape index (κ2) is 3.46. The minimum atomic E-state index is -3.08. The average Bonchev–Trinajstić information content (AvgIpc) is 2.12. The van der Waals surface area contributed by atoms with Gasteiger partial charge in [0.05, 0.1) is 10.6 Å². The Morgan fingerprint density at radius 3 is 2.86 bits per heavy atom. The maximum atomic E-state index is 11.7. The van der Waals surface area contributed by atoms with E-state index in [1.165, 1.54) is 0 Å². The van der Waals surface area contributed by atoms with Gasteiger partial charge in [-0.1, -0.05) is 0 Å². The Bertz CT molecular complexity index is 470. The summed E-state index contributed by atoms with van der Waals surface area (Å²) in [5.74, 6) is 0.168. The van der Waals surface area contributed by atoms with E-state index in [9.17, 15) is 8.42 Å². The third-order valence-electron chi connectivity index (χ3n) is 2.40. The zero-order valence-corrected chi connectivity index (χ0v) is 10.4. The predicted octanol–water partition coefficient (Wildman–Crippen LogP) is 1.47. The van der Waals surface area contributed by atoms with Gasteiger partial charge in [0.25, 0.3) is 0 Å². The van der Waals surface area contributed by atoms with Gasteiger partial charge in [0.1, 0.15) is 0 Å². The zero-order valence-electron chi connectivity index (χ0n) is 7.40. The summed E-state index contributed by atoms with van der Waals surface area (Å²) in [5, 5.41) is 0. The fourth-order valence-corrected chi connectivity index (χ4v) is 3.78. The molecule has 0 radical (unpaired) electrons. The van der Waals surface area contributed by atoms with Crippen LogP contribution in [0.4, 0.5) is 0 Å². The molecule has 0 aromatic heterocycles. The molecule has 0 bridgehead atoms. The molecule has 0 amide bonds. The molecular formula is C9H10INO2S. The molecule has 14 heavy (non-hydrogen) atoms. The molecular weight excluding hydrogens is 313 g/mol. The smallest absolute Gasteiger partial charge is 0.178 e. The molecule has 1 aliphatic rings. The Morgan fingerprint density at radius 2 is 2.14 bits per heavy atom. The minimum Gasteiger partial charge on any atom is -0.324 e. The van der Waals surface area contributed by atoms with Crippen molar-refractivity contribution in [2.75, 3.05) is 5.75 Å². The van der Waals surface area contributed by atoms with E-state index in [0.29, 0.717) is 11.3 Å². The van der Waals surface area contributed by atoms with Crippen LogP contribution in [0.15, 0.2) is 23.1 Å². The molecule has 2 N–H and O–H groups in total. The maximum absolute atomic E-state index is 11.7. The molecule has 0 spiro atoms. The highest BCUT2D eigenvalue weighted by Crippen LogP contribution is 2.31. The average molecular weight is 323 g/mol. The van der Waals surface area contributed by atoms with E-state index in [1.807, 2.05) is 6.07 Å². The Hall–Kier alpha value is -0.140. The quantitative estimate of drug-likeness (QED) is 0.736. The highest BCUT2D eigenvalue weighted by Gasteiger charge is 2.28. The van der Waals surface area contributed by atoms with Crippen molar-refractivity contribution in [3.63, 3.8) is 0 Å². The molecule has 0 saturated carbocycles. The van der Waals surface area contributed by atoms with Crippen LogP contribution < -0.4 is 5.73 Å². The Balaban J connectivity index is 2.69. The van der Waals surface area contributed by atoms with Gasteiger partial charge in [-0.2, -0.15) is 0 Å². The van der Waals surface area contributed by atoms with Crippen molar-refractivity contribution in [2.45, 2.75) is 17.4 Å². The van der Waals surface area contributed by atoms with Gasteiger partial charge in [0.2, 0.25) is 0 Å². The van der Waals surface area contributed by atoms with Gasteiger partial charge in [-0.25, -0.2) is 8.42 Å². The van der Waals surface area contributed by atoms with Crippen molar-refractivity contribution in [1.29, 1.82) is 0 Å². The number of rotatable bonds is 0. The molecule has 3 nitrogen and oxygen atoms in total. The van der Waals surface area contributed by atoms with Crippen molar-refractivity contribution < 1.29 is 8.42 Å². The summed E-state index contributed by atoms with van der Waals surface area (Å²) in [6.07, 6.45) is 0.523. The minimum absolute atomic E-state index is 0.136. The van der Waals surface area contributed by atoms with Crippen LogP contribution in [0.5, 0.6) is 0 Å². The summed E-state index contributed by atoms with van der Waals surface area (Å²) >= 11 is 2.16. The lowest BCUT2D eigenvalue weighted by Crippen LogP contribution is -2.25. The first-order valence-corrected chi connectivity index (χ1v) is 7.01. The first-order valence-electron chi connectivity index (χ1n) is 4.28. The van der Waals surface area contributed by atoms with Gasteiger partial charge in [0, 0.05) is 9.61 Å². The first kappa shape index (κ1) is 10.4. The van der Waals surface area contributed by atoms with Crippen LogP contribution >= 0.6 is 22.6 Å². The van der Waals surface area contributed by atoms with Crippen molar-refractivity contribution in [3.8, 4) is 0 Å². The van der Waals surface area contributed by atoms with Crippen LogP contribution in [0.2, 0.25) is 0 Å². The number of hydrogen-bond donors (Lipinski definition) is 1. The van der Waals surface area contributed by atoms with Gasteiger partial charge >= 0.3 is 0 Å². The molecule has 1 heterocycles. The van der Waals surface area contributed by atoms with E-state index < -0.39 is 9.84 Å². The summed E-state index contributed by atoms with van der Waals surface area (Å²) in [7, 11) is -3.08. The lowest BCUT2D eigenvalue weighted by Gasteiger charge is -2.22. The van der Waals surface area contributed by atoms with Crippen molar-refractivity contribution in [3.05, 3.63) is 27.3 Å². The molecule has 1 atom stereocenters. The lowest BCUT2D eigenvalue weighted by atomic mass is 10.1. The van der Waals surface area contributed by atoms with Crippen LogP contribution in [0.1, 0.15) is 18.0 Å². The third kappa shape index (κ3) is 1.68. The zero-order chi connectivity index (χ0) is 10.3. The van der Waals surface area contributed by atoms with E-state index in [0.717, 1.165) is 9.13 Å². The van der Waals surface area contributed by atoms with Crippen LogP contribution in [0.25, 0.3) is 0 Å². The Labute approximate surface area is 96.7 Å². The van der Waals surface area contributed by atoms with Crippen LogP contribution in [0.3, 0.4) is 0 Å². The maximum Gasteiger partial charge on any atom is 0.178 e. The molecule has 0 fully saturated rings. The number of benzene rings is 1. The van der Waals surface area contributed by atoms with E-state index in [4.69, 9.17) is 5.73 Å². The number of fused-ring (bicyclic) bond motifs is 1. The molecule has 1 aliphatic heterocycles. The third-order valence-corrected chi connectivity index (χ3v) is 4.89. The monoisotopic (exact) mass is 323 g/mol. The van der Waals surface area contributed by atoms with Gasteiger partial charge in [0.15, 0.2) is 9.84 Å². The molecule has 5 heteroatoms. The van der Waals surface area contributed by atoms with E-state index in [-0.39, 0.29) is 11.8 Å². The Morgan fingerprint density at radius 1 is 1.43 bits per heavy atom. The summed E-state index contributed by atoms with van der Waals surface area (Å²) in [6.45, 7) is 0. The van der Waals surface area contributed by atoms with Gasteiger partial charge in [-0.05, 0) is 52.8 Å². The topological polar surface area (TPSA) is 60.2 Å². The Kier molecular flexibility index (Phi) is 2.57. The van der Waals surface area contributed by atoms with Crippen molar-refractivity contribution >= 4 is 32.4 Å². The summed E-state index contributed by atoms with van der Waals surface area (Å²) in [4.78, 5) is 0.414. The molecule has 76 valence electrons. The van der Waals surface area contributed by atoms with Crippen LogP contribution in [-0.4, -0.2) is 14.2 Å². The normalized spacial score (nSPS) is 24.3. The van der Waals surface area contributed by atoms with E-state index in [1.54, 1.807) is 12.1 Å². The SMILES string of the molecule is N[C@@H]1CCS(=O)(=O)c2ccc(I)cc21. The van der Waals surface area contributed by atoms with E-state index >= 15 is 0 Å². The molecule has 2 rings (SSSR count). The number of halogens is 1. The highest BCUT2D eigenvalue weighted by molar-refractivity contribution is 14.1. The predicted molar refractivity (Wildman–Crippen MR) is 62.8 cm³/mol. The highest BCUT2D eigenvalue weighted by atomic mass is 127. The molecule has 0 aliphatic carbocycles.